The highest BCUT2D eigenvalue weighted by Crippen LogP contribution is 2.36. The van der Waals surface area contributed by atoms with Gasteiger partial charge in [-0.15, -0.1) is 0 Å². The number of fused-ring (bicyclic) bond motifs is 2. The summed E-state index contributed by atoms with van der Waals surface area (Å²) in [6.07, 6.45) is 9.03. The molecule has 1 N–H and O–H groups in total. The van der Waals surface area contributed by atoms with Crippen LogP contribution in [0.2, 0.25) is 0 Å². The van der Waals surface area contributed by atoms with Gasteiger partial charge < -0.3 is 9.72 Å². The van der Waals surface area contributed by atoms with Crippen LogP contribution in [0.4, 0.5) is 0 Å². The lowest BCUT2D eigenvalue weighted by Gasteiger charge is -2.33. The second kappa shape index (κ2) is 6.24. The van der Waals surface area contributed by atoms with Crippen molar-refractivity contribution >= 4 is 11.2 Å². The molecule has 0 spiro atoms. The molecule has 1 aromatic carbocycles. The summed E-state index contributed by atoms with van der Waals surface area (Å²) in [5, 5.41) is 0. The van der Waals surface area contributed by atoms with Crippen LogP contribution in [0.1, 0.15) is 35.6 Å². The molecule has 1 aliphatic rings. The van der Waals surface area contributed by atoms with Gasteiger partial charge in [0.1, 0.15) is 11.3 Å². The fourth-order valence-electron chi connectivity index (χ4n) is 3.75. The van der Waals surface area contributed by atoms with Gasteiger partial charge in [-0.1, -0.05) is 6.07 Å². The molecule has 2 heterocycles. The van der Waals surface area contributed by atoms with Gasteiger partial charge in [-0.2, -0.15) is 0 Å². The van der Waals surface area contributed by atoms with Crippen molar-refractivity contribution < 1.29 is 4.74 Å². The van der Waals surface area contributed by atoms with E-state index in [0.29, 0.717) is 6.04 Å². The van der Waals surface area contributed by atoms with Crippen LogP contribution < -0.4 is 4.74 Å². The molecule has 2 aromatic heterocycles. The van der Waals surface area contributed by atoms with Crippen LogP contribution in [0.15, 0.2) is 36.8 Å². The van der Waals surface area contributed by atoms with Gasteiger partial charge in [-0.05, 0) is 49.6 Å². The minimum absolute atomic E-state index is 0.432. The molecule has 24 heavy (non-hydrogen) atoms. The molecule has 0 saturated heterocycles. The van der Waals surface area contributed by atoms with Crippen molar-refractivity contribution in [3.8, 4) is 5.75 Å². The number of rotatable bonds is 4. The smallest absolute Gasteiger partial charge is 0.156 e. The predicted octanol–water partition coefficient (Wildman–Crippen LogP) is 3.48. The van der Waals surface area contributed by atoms with E-state index in [4.69, 9.17) is 4.74 Å². The molecular formula is C19H22N4O. The fraction of sp³-hybridized carbons (Fsp3) is 0.368. The van der Waals surface area contributed by atoms with Gasteiger partial charge in [0.15, 0.2) is 5.65 Å². The van der Waals surface area contributed by atoms with Gasteiger partial charge >= 0.3 is 0 Å². The molecular weight excluding hydrogens is 300 g/mol. The summed E-state index contributed by atoms with van der Waals surface area (Å²) in [6, 6.07) is 6.92. The third kappa shape index (κ3) is 2.65. The molecule has 124 valence electrons. The summed E-state index contributed by atoms with van der Waals surface area (Å²) in [7, 11) is 3.92. The van der Waals surface area contributed by atoms with Crippen molar-refractivity contribution in [3.05, 3.63) is 53.5 Å². The zero-order chi connectivity index (χ0) is 16.5. The summed E-state index contributed by atoms with van der Waals surface area (Å²) in [5.74, 6) is 0.948. The monoisotopic (exact) mass is 322 g/mol. The molecule has 0 aliphatic heterocycles. The van der Waals surface area contributed by atoms with E-state index >= 15 is 0 Å². The molecule has 3 aromatic rings. The second-order valence-electron chi connectivity index (χ2n) is 6.46. The van der Waals surface area contributed by atoms with Gasteiger partial charge in [0.05, 0.1) is 7.11 Å². The number of nitrogens with one attached hydrogen (secondary N) is 1. The van der Waals surface area contributed by atoms with Crippen molar-refractivity contribution in [3.63, 3.8) is 0 Å². The molecule has 0 saturated carbocycles. The number of ether oxygens (including phenoxy) is 1. The Bertz CT molecular complexity index is 857. The van der Waals surface area contributed by atoms with Crippen molar-refractivity contribution in [1.82, 2.24) is 19.9 Å². The normalized spacial score (nSPS) is 17.2. The van der Waals surface area contributed by atoms with Gasteiger partial charge in [-0.25, -0.2) is 4.98 Å². The number of H-pyrrole nitrogens is 1. The van der Waals surface area contributed by atoms with Crippen molar-refractivity contribution in [1.29, 1.82) is 0 Å². The molecule has 4 rings (SSSR count). The van der Waals surface area contributed by atoms with Crippen LogP contribution in [-0.2, 0) is 13.0 Å². The van der Waals surface area contributed by atoms with Crippen LogP contribution >= 0.6 is 0 Å². The van der Waals surface area contributed by atoms with Crippen LogP contribution in [0.5, 0.6) is 5.75 Å². The first kappa shape index (κ1) is 15.1. The third-order valence-electron chi connectivity index (χ3n) is 4.97. The minimum Gasteiger partial charge on any atom is -0.497 e. The van der Waals surface area contributed by atoms with Crippen LogP contribution in [0.25, 0.3) is 11.2 Å². The number of aromatic nitrogens is 3. The van der Waals surface area contributed by atoms with E-state index in [1.807, 2.05) is 6.20 Å². The van der Waals surface area contributed by atoms with Gasteiger partial charge in [-0.3, -0.25) is 9.88 Å². The van der Waals surface area contributed by atoms with E-state index in [0.717, 1.165) is 29.9 Å². The number of aromatic amines is 1. The van der Waals surface area contributed by atoms with E-state index in [1.165, 1.54) is 29.5 Å². The first-order chi connectivity index (χ1) is 11.8. The van der Waals surface area contributed by atoms with E-state index < -0.39 is 0 Å². The van der Waals surface area contributed by atoms with Crippen molar-refractivity contribution in [2.24, 2.45) is 0 Å². The average Bonchev–Trinajstić information content (AvgIpc) is 3.03. The lowest BCUT2D eigenvalue weighted by molar-refractivity contribution is 0.213. The summed E-state index contributed by atoms with van der Waals surface area (Å²) in [4.78, 5) is 14.4. The Morgan fingerprint density at radius 2 is 2.17 bits per heavy atom. The Morgan fingerprint density at radius 1 is 1.29 bits per heavy atom. The summed E-state index contributed by atoms with van der Waals surface area (Å²) in [5.41, 5.74) is 5.86. The SMILES string of the molecule is COc1ccc2c(c1)CCCC2N(C)Cc1c[nH]c2nccnc12. The summed E-state index contributed by atoms with van der Waals surface area (Å²) < 4.78 is 5.38. The largest absolute Gasteiger partial charge is 0.497 e. The second-order valence-corrected chi connectivity index (χ2v) is 6.46. The summed E-state index contributed by atoms with van der Waals surface area (Å²) in [6.45, 7) is 0.856. The number of aryl methyl sites for hydroxylation is 1. The van der Waals surface area contributed by atoms with Crippen LogP contribution in [0.3, 0.4) is 0 Å². The number of hydrogen-bond acceptors (Lipinski definition) is 4. The maximum Gasteiger partial charge on any atom is 0.156 e. The Morgan fingerprint density at radius 3 is 3.04 bits per heavy atom. The third-order valence-corrected chi connectivity index (χ3v) is 4.97. The van der Waals surface area contributed by atoms with Crippen LogP contribution in [-0.4, -0.2) is 34.0 Å². The standard InChI is InChI=1S/C19H22N4O/c1-23(12-14-11-22-19-18(14)20-8-9-21-19)17-5-3-4-13-10-15(24-2)6-7-16(13)17/h6-11,17H,3-5,12H2,1-2H3,(H,21,22). The molecule has 5 heteroatoms. The number of methoxy groups -OCH3 is 1. The fourth-order valence-corrected chi connectivity index (χ4v) is 3.75. The lowest BCUT2D eigenvalue weighted by atomic mass is 9.86. The molecule has 0 radical (unpaired) electrons. The minimum atomic E-state index is 0.432. The quantitative estimate of drug-likeness (QED) is 0.799. The zero-order valence-corrected chi connectivity index (χ0v) is 14.1. The molecule has 0 bridgehead atoms. The maximum atomic E-state index is 5.38. The first-order valence-electron chi connectivity index (χ1n) is 8.40. The highest BCUT2D eigenvalue weighted by atomic mass is 16.5. The number of nitrogens with zero attached hydrogens (tertiary/aromatic N) is 3. The Kier molecular flexibility index (Phi) is 3.94. The zero-order valence-electron chi connectivity index (χ0n) is 14.1. The molecule has 5 nitrogen and oxygen atoms in total. The van der Waals surface area contributed by atoms with E-state index in [1.54, 1.807) is 19.5 Å². The first-order valence-corrected chi connectivity index (χ1v) is 8.40. The molecule has 0 amide bonds. The van der Waals surface area contributed by atoms with Crippen LogP contribution in [0, 0.1) is 0 Å². The number of hydrogen-bond donors (Lipinski definition) is 1. The number of benzene rings is 1. The molecule has 1 unspecified atom stereocenters. The van der Waals surface area contributed by atoms with E-state index in [2.05, 4.69) is 45.1 Å². The van der Waals surface area contributed by atoms with E-state index in [9.17, 15) is 0 Å². The topological polar surface area (TPSA) is 54.0 Å². The lowest BCUT2D eigenvalue weighted by Crippen LogP contribution is -2.27. The Labute approximate surface area is 141 Å². The Hall–Kier alpha value is -2.40. The Balaban J connectivity index is 1.60. The highest BCUT2D eigenvalue weighted by molar-refractivity contribution is 5.74. The van der Waals surface area contributed by atoms with Gasteiger partial charge in [0.2, 0.25) is 0 Å². The highest BCUT2D eigenvalue weighted by Gasteiger charge is 2.24. The van der Waals surface area contributed by atoms with Gasteiger partial charge in [0.25, 0.3) is 0 Å². The molecule has 0 fully saturated rings. The summed E-state index contributed by atoms with van der Waals surface area (Å²) >= 11 is 0. The van der Waals surface area contributed by atoms with Crippen molar-refractivity contribution in [2.75, 3.05) is 14.2 Å². The predicted molar refractivity (Wildman–Crippen MR) is 94.0 cm³/mol. The molecule has 1 atom stereocenters. The van der Waals surface area contributed by atoms with E-state index in [-0.39, 0.29) is 0 Å². The maximum absolute atomic E-state index is 5.38. The molecule has 1 aliphatic carbocycles. The average molecular weight is 322 g/mol. The van der Waals surface area contributed by atoms with Gasteiger partial charge in [0, 0.05) is 36.7 Å². The van der Waals surface area contributed by atoms with Crippen molar-refractivity contribution in [2.45, 2.75) is 31.8 Å².